The molecule has 2 fully saturated rings. The summed E-state index contributed by atoms with van der Waals surface area (Å²) >= 11 is 0. The fraction of sp³-hybridized carbons (Fsp3) is 0.516. The topological polar surface area (TPSA) is 57.2 Å². The zero-order valence-corrected chi connectivity index (χ0v) is 21.5. The van der Waals surface area contributed by atoms with Crippen molar-refractivity contribution in [1.82, 2.24) is 4.90 Å². The molecule has 0 N–H and O–H groups in total. The molecule has 1 spiro atoms. The third-order valence-corrected chi connectivity index (χ3v) is 9.41. The molecule has 0 saturated carbocycles. The van der Waals surface area contributed by atoms with Crippen LogP contribution in [-0.4, -0.2) is 67.9 Å². The Bertz CT molecular complexity index is 1220. The van der Waals surface area contributed by atoms with Crippen molar-refractivity contribution in [3.8, 4) is 11.5 Å². The number of ketones is 1. The smallest absolute Gasteiger partial charge is 0.196 e. The highest BCUT2D eigenvalue weighted by atomic mass is 16.5. The van der Waals surface area contributed by atoms with Crippen molar-refractivity contribution in [2.75, 3.05) is 33.4 Å². The van der Waals surface area contributed by atoms with E-state index >= 15 is 0 Å². The third kappa shape index (κ3) is 3.38. The van der Waals surface area contributed by atoms with Gasteiger partial charge in [0.15, 0.2) is 23.4 Å². The lowest BCUT2D eigenvalue weighted by molar-refractivity contribution is -0.180. The predicted octanol–water partition coefficient (Wildman–Crippen LogP) is 4.03. The lowest BCUT2D eigenvalue weighted by Crippen LogP contribution is -2.76. The molecule has 0 amide bonds. The van der Waals surface area contributed by atoms with Crippen LogP contribution in [0.15, 0.2) is 54.6 Å². The molecular formula is C31H35NO5. The first-order valence-electron chi connectivity index (χ1n) is 13.8. The van der Waals surface area contributed by atoms with Gasteiger partial charge in [-0.3, -0.25) is 9.69 Å². The Hall–Kier alpha value is -2.67. The van der Waals surface area contributed by atoms with Crippen LogP contribution in [0.1, 0.15) is 42.4 Å². The van der Waals surface area contributed by atoms with Gasteiger partial charge in [0, 0.05) is 31.4 Å². The third-order valence-electron chi connectivity index (χ3n) is 9.41. The number of rotatable bonds is 8. The summed E-state index contributed by atoms with van der Waals surface area (Å²) in [5.74, 6) is 1.47. The van der Waals surface area contributed by atoms with Crippen LogP contribution < -0.4 is 9.47 Å². The first-order chi connectivity index (χ1) is 18.2. The zero-order valence-electron chi connectivity index (χ0n) is 21.5. The van der Waals surface area contributed by atoms with Gasteiger partial charge in [-0.05, 0) is 74.4 Å². The van der Waals surface area contributed by atoms with Gasteiger partial charge in [-0.25, -0.2) is 0 Å². The molecule has 37 heavy (non-hydrogen) atoms. The predicted molar refractivity (Wildman–Crippen MR) is 139 cm³/mol. The maximum absolute atomic E-state index is 13.4. The van der Waals surface area contributed by atoms with Gasteiger partial charge in [-0.2, -0.15) is 0 Å². The summed E-state index contributed by atoms with van der Waals surface area (Å²) < 4.78 is 25.4. The molecule has 2 saturated heterocycles. The van der Waals surface area contributed by atoms with Gasteiger partial charge in [0.1, 0.15) is 5.60 Å². The molecule has 0 aromatic heterocycles. The first kappa shape index (κ1) is 23.4. The normalized spacial score (nSPS) is 33.3. The summed E-state index contributed by atoms with van der Waals surface area (Å²) in [6, 6.07) is 14.9. The first-order valence-corrected chi connectivity index (χ1v) is 13.8. The lowest BCUT2D eigenvalue weighted by Gasteiger charge is -2.62. The Morgan fingerprint density at radius 3 is 2.86 bits per heavy atom. The number of hydrogen-bond donors (Lipinski definition) is 0. The minimum Gasteiger partial charge on any atom is -0.493 e. The summed E-state index contributed by atoms with van der Waals surface area (Å²) in [4.78, 5) is 16.0. The van der Waals surface area contributed by atoms with Gasteiger partial charge in [-0.15, -0.1) is 0 Å². The molecule has 7 rings (SSSR count). The van der Waals surface area contributed by atoms with Crippen molar-refractivity contribution >= 4 is 5.78 Å². The van der Waals surface area contributed by atoms with E-state index in [1.54, 1.807) is 13.2 Å². The summed E-state index contributed by atoms with van der Waals surface area (Å²) in [5.41, 5.74) is 2.54. The second-order valence-corrected chi connectivity index (χ2v) is 11.2. The second-order valence-electron chi connectivity index (χ2n) is 11.2. The van der Waals surface area contributed by atoms with Crippen LogP contribution in [0.5, 0.6) is 11.5 Å². The number of benzene rings is 2. The fourth-order valence-electron chi connectivity index (χ4n) is 7.83. The SMILES string of the molecule is COc1ccc2c3c1O[C@H]1C(=O)C=C[C@@]4(OCCCc5ccccc5)[C@@H](C2)N(CC2CCCO2)CC[C@]314. The van der Waals surface area contributed by atoms with E-state index in [-0.39, 0.29) is 17.9 Å². The van der Waals surface area contributed by atoms with Gasteiger partial charge in [0.2, 0.25) is 0 Å². The van der Waals surface area contributed by atoms with Crippen molar-refractivity contribution in [2.45, 2.75) is 67.8 Å². The molecule has 2 bridgehead atoms. The number of hydrogen-bond acceptors (Lipinski definition) is 6. The lowest BCUT2D eigenvalue weighted by atomic mass is 9.50. The maximum Gasteiger partial charge on any atom is 0.196 e. The van der Waals surface area contributed by atoms with Crippen molar-refractivity contribution in [2.24, 2.45) is 0 Å². The van der Waals surface area contributed by atoms with E-state index in [1.165, 1.54) is 11.1 Å². The van der Waals surface area contributed by atoms with Crippen LogP contribution in [0, 0.1) is 0 Å². The van der Waals surface area contributed by atoms with E-state index in [0.717, 1.165) is 69.5 Å². The van der Waals surface area contributed by atoms with E-state index in [9.17, 15) is 4.79 Å². The maximum atomic E-state index is 13.4. The van der Waals surface area contributed by atoms with E-state index in [1.807, 2.05) is 6.07 Å². The molecule has 6 heteroatoms. The van der Waals surface area contributed by atoms with Crippen LogP contribution in [0.25, 0.3) is 0 Å². The number of methoxy groups -OCH3 is 1. The average Bonchev–Trinajstić information content (AvgIpc) is 3.56. The molecule has 2 aromatic rings. The Kier molecular flexibility index (Phi) is 5.68. The van der Waals surface area contributed by atoms with Crippen LogP contribution >= 0.6 is 0 Å². The molecule has 5 atom stereocenters. The van der Waals surface area contributed by atoms with Crippen LogP contribution in [0.2, 0.25) is 0 Å². The van der Waals surface area contributed by atoms with Crippen LogP contribution in [0.3, 0.4) is 0 Å². The van der Waals surface area contributed by atoms with E-state index < -0.39 is 17.1 Å². The van der Waals surface area contributed by atoms with Crippen LogP contribution in [-0.2, 0) is 32.5 Å². The molecule has 194 valence electrons. The summed E-state index contributed by atoms with van der Waals surface area (Å²) in [6.07, 6.45) is 9.30. The number of carbonyl (C=O) groups excluding carboxylic acids is 1. The highest BCUT2D eigenvalue weighted by Gasteiger charge is 2.73. The average molecular weight is 502 g/mol. The quantitative estimate of drug-likeness (QED) is 0.509. The van der Waals surface area contributed by atoms with Gasteiger partial charge in [0.05, 0.1) is 18.6 Å². The molecule has 5 aliphatic rings. The van der Waals surface area contributed by atoms with Gasteiger partial charge in [-0.1, -0.05) is 36.4 Å². The highest BCUT2D eigenvalue weighted by molar-refractivity contribution is 5.99. The van der Waals surface area contributed by atoms with Gasteiger partial charge >= 0.3 is 0 Å². The van der Waals surface area contributed by atoms with E-state index in [2.05, 4.69) is 47.4 Å². The number of likely N-dealkylation sites (tertiary alicyclic amines) is 1. The van der Waals surface area contributed by atoms with Gasteiger partial charge in [0.25, 0.3) is 0 Å². The minimum atomic E-state index is -0.635. The molecule has 0 radical (unpaired) electrons. The summed E-state index contributed by atoms with van der Waals surface area (Å²) in [5, 5.41) is 0. The Morgan fingerprint density at radius 1 is 1.16 bits per heavy atom. The standard InChI is InChI=1S/C31H35NO5/c1-34-25-12-11-22-19-26-31(36-18-5-9-21-7-3-2-4-8-21)14-13-24(33)29-30(31,27(22)28(25)37-29)15-16-32(26)20-23-10-6-17-35-23/h2-4,7-8,11-14,23,26,29H,5-6,9-10,15-20H2,1H3/t23?,26-,29+,30+,31-/m1/s1. The molecule has 2 aliphatic carbocycles. The zero-order chi connectivity index (χ0) is 25.0. The van der Waals surface area contributed by atoms with Crippen molar-refractivity contribution in [3.05, 3.63) is 71.3 Å². The van der Waals surface area contributed by atoms with Crippen LogP contribution in [0.4, 0.5) is 0 Å². The molecule has 6 nitrogen and oxygen atoms in total. The number of nitrogens with zero attached hydrogens (tertiary/aromatic N) is 1. The van der Waals surface area contributed by atoms with Gasteiger partial charge < -0.3 is 18.9 Å². The number of piperidine rings is 1. The molecule has 3 aliphatic heterocycles. The van der Waals surface area contributed by atoms with E-state index in [4.69, 9.17) is 18.9 Å². The summed E-state index contributed by atoms with van der Waals surface area (Å²) in [7, 11) is 1.67. The molecule has 1 unspecified atom stereocenters. The number of carbonyl (C=O) groups is 1. The largest absolute Gasteiger partial charge is 0.493 e. The summed E-state index contributed by atoms with van der Waals surface area (Å²) in [6.45, 7) is 3.28. The minimum absolute atomic E-state index is 0.0286. The Morgan fingerprint density at radius 2 is 2.05 bits per heavy atom. The number of aryl methyl sites for hydroxylation is 1. The second kappa shape index (κ2) is 8.97. The van der Waals surface area contributed by atoms with Crippen molar-refractivity contribution < 1.29 is 23.7 Å². The van der Waals surface area contributed by atoms with Crippen molar-refractivity contribution in [3.63, 3.8) is 0 Å². The Labute approximate surface area is 218 Å². The molecule has 3 heterocycles. The van der Waals surface area contributed by atoms with E-state index in [0.29, 0.717) is 12.4 Å². The Balaban J connectivity index is 1.29. The monoisotopic (exact) mass is 501 g/mol. The highest BCUT2D eigenvalue weighted by Crippen LogP contribution is 2.64. The van der Waals surface area contributed by atoms with Crippen molar-refractivity contribution in [1.29, 1.82) is 0 Å². The fourth-order valence-corrected chi connectivity index (χ4v) is 7.83. The molecule has 2 aromatic carbocycles. The number of ether oxygens (including phenoxy) is 4. The molecular weight excluding hydrogens is 466 g/mol.